The monoisotopic (exact) mass is 539 g/mol. The number of nitrogens with one attached hydrogen (secondary N) is 2. The summed E-state index contributed by atoms with van der Waals surface area (Å²) in [5, 5.41) is 11.1. The molecule has 0 saturated carbocycles. The molecule has 30 heavy (non-hydrogen) atoms. The van der Waals surface area contributed by atoms with Crippen LogP contribution in [0.25, 0.3) is 0 Å². The van der Waals surface area contributed by atoms with Crippen LogP contribution < -0.4 is 15.4 Å². The largest absolute Gasteiger partial charge is 0.484 e. The molecule has 2 N–H and O–H groups in total. The van der Waals surface area contributed by atoms with Crippen molar-refractivity contribution in [1.82, 2.24) is 20.4 Å². The summed E-state index contributed by atoms with van der Waals surface area (Å²) >= 11 is 0. The number of hydrogen-bond acceptors (Lipinski definition) is 3. The summed E-state index contributed by atoms with van der Waals surface area (Å²) in [6, 6.07) is 6.49. The number of rotatable bonds is 8. The molecule has 1 aromatic heterocycles. The molecular formula is C20H29F3IN5O. The number of guanidine groups is 1. The summed E-state index contributed by atoms with van der Waals surface area (Å²) in [6.45, 7) is 3.99. The SMILES string of the molecule is CCc1nn(C)c(CC)c1CNC(=NC)NCc1ccc(OCC(F)(F)F)cc1.I. The second kappa shape index (κ2) is 12.0. The number of ether oxygens (including phenoxy) is 1. The maximum Gasteiger partial charge on any atom is 0.422 e. The summed E-state index contributed by atoms with van der Waals surface area (Å²) in [6.07, 6.45) is -2.59. The number of hydrogen-bond donors (Lipinski definition) is 2. The molecular weight excluding hydrogens is 510 g/mol. The highest BCUT2D eigenvalue weighted by Crippen LogP contribution is 2.19. The number of aliphatic imine (C=N–C) groups is 1. The minimum absolute atomic E-state index is 0. The van der Waals surface area contributed by atoms with Gasteiger partial charge in [0.1, 0.15) is 5.75 Å². The molecule has 0 aliphatic rings. The highest BCUT2D eigenvalue weighted by molar-refractivity contribution is 14.0. The Labute approximate surface area is 192 Å². The molecule has 6 nitrogen and oxygen atoms in total. The number of halogens is 4. The first kappa shape index (κ1) is 26.1. The van der Waals surface area contributed by atoms with Crippen molar-refractivity contribution >= 4 is 29.9 Å². The maximum absolute atomic E-state index is 12.2. The lowest BCUT2D eigenvalue weighted by molar-refractivity contribution is -0.153. The summed E-state index contributed by atoms with van der Waals surface area (Å²) < 4.78 is 43.2. The fourth-order valence-corrected chi connectivity index (χ4v) is 3.04. The van der Waals surface area contributed by atoms with Gasteiger partial charge in [0.05, 0.1) is 5.69 Å². The number of nitrogens with zero attached hydrogens (tertiary/aromatic N) is 3. The van der Waals surface area contributed by atoms with Gasteiger partial charge in [-0.3, -0.25) is 9.67 Å². The zero-order valence-corrected chi connectivity index (χ0v) is 20.0. The van der Waals surface area contributed by atoms with E-state index in [9.17, 15) is 13.2 Å². The van der Waals surface area contributed by atoms with Gasteiger partial charge in [0.2, 0.25) is 0 Å². The molecule has 168 valence electrons. The van der Waals surface area contributed by atoms with E-state index in [1.54, 1.807) is 19.2 Å². The minimum atomic E-state index is -4.35. The van der Waals surface area contributed by atoms with Gasteiger partial charge in [-0.25, -0.2) is 0 Å². The van der Waals surface area contributed by atoms with Gasteiger partial charge >= 0.3 is 6.18 Å². The highest BCUT2D eigenvalue weighted by Gasteiger charge is 2.28. The Morgan fingerprint density at radius 2 is 1.73 bits per heavy atom. The second-order valence-electron chi connectivity index (χ2n) is 6.53. The van der Waals surface area contributed by atoms with Gasteiger partial charge in [-0.05, 0) is 30.5 Å². The van der Waals surface area contributed by atoms with E-state index < -0.39 is 12.8 Å². The van der Waals surface area contributed by atoms with Crippen molar-refractivity contribution in [3.05, 3.63) is 46.8 Å². The molecule has 0 saturated heterocycles. The van der Waals surface area contributed by atoms with Gasteiger partial charge in [0.15, 0.2) is 12.6 Å². The molecule has 0 aliphatic heterocycles. The number of alkyl halides is 3. The van der Waals surface area contributed by atoms with Crippen LogP contribution >= 0.6 is 24.0 Å². The molecule has 0 aliphatic carbocycles. The van der Waals surface area contributed by atoms with Crippen molar-refractivity contribution < 1.29 is 17.9 Å². The quantitative estimate of drug-likeness (QED) is 0.303. The first-order chi connectivity index (χ1) is 13.8. The standard InChI is InChI=1S/C20H28F3N5O.HI/c1-5-17-16(18(6-2)28(4)27-17)12-26-19(24-3)25-11-14-7-9-15(10-8-14)29-13-20(21,22)23;/h7-10H,5-6,11-13H2,1-4H3,(H2,24,25,26);1H. The van der Waals surface area contributed by atoms with Gasteiger partial charge in [-0.2, -0.15) is 18.3 Å². The maximum atomic E-state index is 12.2. The predicted octanol–water partition coefficient (Wildman–Crippen LogP) is 3.97. The van der Waals surface area contributed by atoms with Gasteiger partial charge < -0.3 is 15.4 Å². The third-order valence-corrected chi connectivity index (χ3v) is 4.47. The Balaban J connectivity index is 0.00000450. The number of aromatic nitrogens is 2. The molecule has 0 radical (unpaired) electrons. The van der Waals surface area contributed by atoms with Crippen LogP contribution in [0, 0.1) is 0 Å². The fraction of sp³-hybridized carbons (Fsp3) is 0.500. The Hall–Kier alpha value is -1.98. The smallest absolute Gasteiger partial charge is 0.422 e. The Kier molecular flexibility index (Phi) is 10.4. The lowest BCUT2D eigenvalue weighted by Gasteiger charge is -2.13. The lowest BCUT2D eigenvalue weighted by atomic mass is 10.1. The van der Waals surface area contributed by atoms with Crippen LogP contribution in [0.1, 0.15) is 36.4 Å². The van der Waals surface area contributed by atoms with Gasteiger partial charge in [-0.1, -0.05) is 26.0 Å². The highest BCUT2D eigenvalue weighted by atomic mass is 127. The van der Waals surface area contributed by atoms with E-state index >= 15 is 0 Å². The van der Waals surface area contributed by atoms with Crippen molar-refractivity contribution in [1.29, 1.82) is 0 Å². The van der Waals surface area contributed by atoms with Gasteiger partial charge in [-0.15, -0.1) is 24.0 Å². The van der Waals surface area contributed by atoms with Crippen molar-refractivity contribution in [2.45, 2.75) is 46.0 Å². The third-order valence-electron chi connectivity index (χ3n) is 4.47. The van der Waals surface area contributed by atoms with E-state index in [4.69, 9.17) is 4.74 Å². The topological polar surface area (TPSA) is 63.5 Å². The number of benzene rings is 1. The molecule has 2 aromatic rings. The Bertz CT molecular complexity index is 819. The molecule has 0 spiro atoms. The molecule has 2 rings (SSSR count). The molecule has 1 heterocycles. The molecule has 1 aromatic carbocycles. The molecule has 0 unspecified atom stereocenters. The molecule has 0 bridgehead atoms. The summed E-state index contributed by atoms with van der Waals surface area (Å²) in [5.41, 5.74) is 4.35. The molecule has 0 fully saturated rings. The van der Waals surface area contributed by atoms with Crippen LogP contribution in [0.15, 0.2) is 29.3 Å². The van der Waals surface area contributed by atoms with Gasteiger partial charge in [0, 0.05) is 38.4 Å². The van der Waals surface area contributed by atoms with Crippen LogP contribution in [0.2, 0.25) is 0 Å². The molecule has 0 amide bonds. The number of aryl methyl sites for hydroxylation is 2. The molecule has 0 atom stereocenters. The van der Waals surface area contributed by atoms with E-state index in [0.29, 0.717) is 19.0 Å². The van der Waals surface area contributed by atoms with E-state index in [0.717, 1.165) is 24.1 Å². The van der Waals surface area contributed by atoms with Crippen LogP contribution in [0.5, 0.6) is 5.75 Å². The lowest BCUT2D eigenvalue weighted by Crippen LogP contribution is -2.36. The average Bonchev–Trinajstić information content (AvgIpc) is 3.01. The van der Waals surface area contributed by atoms with E-state index in [2.05, 4.69) is 34.6 Å². The van der Waals surface area contributed by atoms with Crippen LogP contribution in [0.4, 0.5) is 13.2 Å². The van der Waals surface area contributed by atoms with E-state index in [-0.39, 0.29) is 29.7 Å². The fourth-order valence-electron chi connectivity index (χ4n) is 3.04. The van der Waals surface area contributed by atoms with E-state index in [1.165, 1.54) is 23.4 Å². The minimum Gasteiger partial charge on any atom is -0.484 e. The van der Waals surface area contributed by atoms with Crippen LogP contribution in [-0.2, 0) is 33.0 Å². The predicted molar refractivity (Wildman–Crippen MR) is 122 cm³/mol. The Morgan fingerprint density at radius 3 is 2.27 bits per heavy atom. The first-order valence-corrected chi connectivity index (χ1v) is 9.54. The summed E-state index contributed by atoms with van der Waals surface area (Å²) in [4.78, 5) is 4.23. The van der Waals surface area contributed by atoms with Crippen molar-refractivity contribution in [3.63, 3.8) is 0 Å². The van der Waals surface area contributed by atoms with Gasteiger partial charge in [0.25, 0.3) is 0 Å². The second-order valence-corrected chi connectivity index (χ2v) is 6.53. The summed E-state index contributed by atoms with van der Waals surface area (Å²) in [5.74, 6) is 0.819. The average molecular weight is 539 g/mol. The van der Waals surface area contributed by atoms with Crippen LogP contribution in [0.3, 0.4) is 0 Å². The van der Waals surface area contributed by atoms with Crippen molar-refractivity contribution in [2.24, 2.45) is 12.0 Å². The Morgan fingerprint density at radius 1 is 1.10 bits per heavy atom. The summed E-state index contributed by atoms with van der Waals surface area (Å²) in [7, 11) is 3.64. The van der Waals surface area contributed by atoms with E-state index in [1.807, 2.05) is 11.7 Å². The third kappa shape index (κ3) is 7.69. The first-order valence-electron chi connectivity index (χ1n) is 9.54. The van der Waals surface area contributed by atoms with Crippen molar-refractivity contribution in [2.75, 3.05) is 13.7 Å². The molecule has 10 heteroatoms. The zero-order chi connectivity index (χ0) is 21.4. The normalized spacial score (nSPS) is 11.8. The van der Waals surface area contributed by atoms with Crippen molar-refractivity contribution in [3.8, 4) is 5.75 Å². The zero-order valence-electron chi connectivity index (χ0n) is 17.6. The van der Waals surface area contributed by atoms with Crippen LogP contribution in [-0.4, -0.2) is 35.6 Å².